The molecule has 7 nitrogen and oxygen atoms in total. The van der Waals surface area contributed by atoms with Crippen molar-refractivity contribution in [2.75, 3.05) is 0 Å². The van der Waals surface area contributed by atoms with Crippen molar-refractivity contribution in [1.29, 1.82) is 0 Å². The number of benzene rings is 2. The number of nitro groups is 1. The standard InChI is InChI=1S/C17H10BrN5O2/c18-14-5-2-6-15-17(14)21-16(9-19-15)11-8-20-22(10-11)12-3-1-4-13(7-12)23(24)25/h1-10H. The average Bonchev–Trinajstić information content (AvgIpc) is 3.12. The lowest BCUT2D eigenvalue weighted by atomic mass is 10.2. The second kappa shape index (κ2) is 6.06. The van der Waals surface area contributed by atoms with Crippen LogP contribution in [0.2, 0.25) is 0 Å². The van der Waals surface area contributed by atoms with E-state index in [9.17, 15) is 10.1 Å². The third-order valence-corrected chi connectivity index (χ3v) is 4.35. The molecule has 0 saturated heterocycles. The summed E-state index contributed by atoms with van der Waals surface area (Å²) in [6.45, 7) is 0. The number of nitrogens with zero attached hydrogens (tertiary/aromatic N) is 5. The van der Waals surface area contributed by atoms with E-state index in [1.54, 1.807) is 35.4 Å². The molecular formula is C17H10BrN5O2. The molecular weight excluding hydrogens is 386 g/mol. The van der Waals surface area contributed by atoms with Crippen molar-refractivity contribution in [1.82, 2.24) is 19.7 Å². The van der Waals surface area contributed by atoms with Gasteiger partial charge in [-0.2, -0.15) is 5.10 Å². The largest absolute Gasteiger partial charge is 0.271 e. The van der Waals surface area contributed by atoms with Crippen molar-refractivity contribution in [2.24, 2.45) is 0 Å². The van der Waals surface area contributed by atoms with E-state index in [1.165, 1.54) is 12.1 Å². The molecule has 0 radical (unpaired) electrons. The Morgan fingerprint density at radius 1 is 1.12 bits per heavy atom. The summed E-state index contributed by atoms with van der Waals surface area (Å²) in [7, 11) is 0. The van der Waals surface area contributed by atoms with Crippen LogP contribution in [0.3, 0.4) is 0 Å². The monoisotopic (exact) mass is 395 g/mol. The molecule has 2 aromatic heterocycles. The fourth-order valence-electron chi connectivity index (χ4n) is 2.48. The molecule has 0 bridgehead atoms. The highest BCUT2D eigenvalue weighted by atomic mass is 79.9. The normalized spacial score (nSPS) is 10.9. The summed E-state index contributed by atoms with van der Waals surface area (Å²) in [6.07, 6.45) is 5.11. The molecule has 0 N–H and O–H groups in total. The van der Waals surface area contributed by atoms with Crippen LogP contribution in [-0.2, 0) is 0 Å². The van der Waals surface area contributed by atoms with Gasteiger partial charge < -0.3 is 0 Å². The molecule has 0 aliphatic rings. The van der Waals surface area contributed by atoms with E-state index in [0.29, 0.717) is 11.4 Å². The maximum Gasteiger partial charge on any atom is 0.271 e. The number of non-ortho nitro benzene ring substituents is 1. The number of aromatic nitrogens is 4. The molecule has 2 aromatic carbocycles. The Morgan fingerprint density at radius 2 is 1.96 bits per heavy atom. The van der Waals surface area contributed by atoms with Crippen molar-refractivity contribution >= 4 is 32.7 Å². The Kier molecular flexibility index (Phi) is 3.73. The van der Waals surface area contributed by atoms with Gasteiger partial charge in [0, 0.05) is 28.4 Å². The summed E-state index contributed by atoms with van der Waals surface area (Å²) in [5.74, 6) is 0. The number of hydrogen-bond acceptors (Lipinski definition) is 5. The van der Waals surface area contributed by atoms with Crippen molar-refractivity contribution in [2.45, 2.75) is 0 Å². The summed E-state index contributed by atoms with van der Waals surface area (Å²) in [6, 6.07) is 12.0. The lowest BCUT2D eigenvalue weighted by Gasteiger charge is -2.02. The molecule has 4 rings (SSSR count). The Balaban J connectivity index is 1.75. The molecule has 122 valence electrons. The molecule has 0 unspecified atom stereocenters. The van der Waals surface area contributed by atoms with Gasteiger partial charge in [-0.1, -0.05) is 12.1 Å². The molecule has 0 aliphatic heterocycles. The molecule has 0 spiro atoms. The van der Waals surface area contributed by atoms with Gasteiger partial charge in [0.15, 0.2) is 0 Å². The molecule has 2 heterocycles. The summed E-state index contributed by atoms with van der Waals surface area (Å²) in [4.78, 5) is 19.5. The molecule has 4 aromatic rings. The second-order valence-corrected chi connectivity index (χ2v) is 6.17. The van der Waals surface area contributed by atoms with Gasteiger partial charge in [0.05, 0.1) is 34.2 Å². The highest BCUT2D eigenvalue weighted by Gasteiger charge is 2.10. The molecule has 25 heavy (non-hydrogen) atoms. The van der Waals surface area contributed by atoms with E-state index in [2.05, 4.69) is 31.0 Å². The van der Waals surface area contributed by atoms with E-state index in [0.717, 1.165) is 21.1 Å². The third kappa shape index (κ3) is 2.87. The van der Waals surface area contributed by atoms with Crippen LogP contribution in [0, 0.1) is 10.1 Å². The van der Waals surface area contributed by atoms with E-state index in [-0.39, 0.29) is 5.69 Å². The van der Waals surface area contributed by atoms with Gasteiger partial charge in [0.1, 0.15) is 5.52 Å². The van der Waals surface area contributed by atoms with Gasteiger partial charge in [-0.05, 0) is 34.1 Å². The molecule has 0 aliphatic carbocycles. The summed E-state index contributed by atoms with van der Waals surface area (Å²) in [5, 5.41) is 15.2. The number of rotatable bonds is 3. The Morgan fingerprint density at radius 3 is 2.80 bits per heavy atom. The van der Waals surface area contributed by atoms with E-state index in [1.807, 2.05) is 18.2 Å². The van der Waals surface area contributed by atoms with Crippen LogP contribution < -0.4 is 0 Å². The van der Waals surface area contributed by atoms with Crippen LogP contribution in [0.5, 0.6) is 0 Å². The highest BCUT2D eigenvalue weighted by Crippen LogP contribution is 2.25. The Bertz CT molecular complexity index is 1110. The van der Waals surface area contributed by atoms with Crippen molar-refractivity contribution in [3.63, 3.8) is 0 Å². The van der Waals surface area contributed by atoms with E-state index >= 15 is 0 Å². The van der Waals surface area contributed by atoms with Crippen LogP contribution in [0.4, 0.5) is 5.69 Å². The van der Waals surface area contributed by atoms with Crippen LogP contribution in [0.25, 0.3) is 28.0 Å². The number of nitro benzene ring substituents is 1. The number of para-hydroxylation sites is 1. The fourth-order valence-corrected chi connectivity index (χ4v) is 2.93. The summed E-state index contributed by atoms with van der Waals surface area (Å²) >= 11 is 3.48. The van der Waals surface area contributed by atoms with Crippen LogP contribution in [-0.4, -0.2) is 24.7 Å². The van der Waals surface area contributed by atoms with Gasteiger partial charge in [0.2, 0.25) is 0 Å². The SMILES string of the molecule is O=[N+]([O-])c1cccc(-n2cc(-c3cnc4cccc(Br)c4n3)cn2)c1. The summed E-state index contributed by atoms with van der Waals surface area (Å²) in [5.41, 5.74) is 3.64. The van der Waals surface area contributed by atoms with Crippen molar-refractivity contribution < 1.29 is 4.92 Å². The zero-order valence-corrected chi connectivity index (χ0v) is 14.3. The maximum atomic E-state index is 10.9. The quantitative estimate of drug-likeness (QED) is 0.384. The van der Waals surface area contributed by atoms with Crippen LogP contribution in [0.15, 0.2) is 65.5 Å². The minimum Gasteiger partial charge on any atom is -0.258 e. The number of halogens is 1. The van der Waals surface area contributed by atoms with Crippen LogP contribution in [0.1, 0.15) is 0 Å². The number of hydrogen-bond donors (Lipinski definition) is 0. The number of fused-ring (bicyclic) bond motifs is 1. The molecule has 0 saturated carbocycles. The zero-order chi connectivity index (χ0) is 17.4. The fraction of sp³-hybridized carbons (Fsp3) is 0. The summed E-state index contributed by atoms with van der Waals surface area (Å²) < 4.78 is 2.44. The van der Waals surface area contributed by atoms with Gasteiger partial charge in [-0.15, -0.1) is 0 Å². The average molecular weight is 396 g/mol. The Hall–Kier alpha value is -3.13. The minimum atomic E-state index is -0.430. The third-order valence-electron chi connectivity index (χ3n) is 3.71. The van der Waals surface area contributed by atoms with E-state index in [4.69, 9.17) is 0 Å². The topological polar surface area (TPSA) is 86.7 Å². The molecule has 0 fully saturated rings. The first kappa shape index (κ1) is 15.4. The van der Waals surface area contributed by atoms with Crippen LogP contribution >= 0.6 is 15.9 Å². The molecule has 8 heteroatoms. The molecule has 0 atom stereocenters. The lowest BCUT2D eigenvalue weighted by Crippen LogP contribution is -1.96. The zero-order valence-electron chi connectivity index (χ0n) is 12.7. The smallest absolute Gasteiger partial charge is 0.258 e. The van der Waals surface area contributed by atoms with Gasteiger partial charge in [-0.3, -0.25) is 15.1 Å². The van der Waals surface area contributed by atoms with Crippen molar-refractivity contribution in [3.05, 3.63) is 75.6 Å². The first-order valence-electron chi connectivity index (χ1n) is 7.33. The minimum absolute atomic E-state index is 0.0176. The van der Waals surface area contributed by atoms with Gasteiger partial charge in [0.25, 0.3) is 5.69 Å². The maximum absolute atomic E-state index is 10.9. The van der Waals surface area contributed by atoms with Gasteiger partial charge in [-0.25, -0.2) is 9.67 Å². The van der Waals surface area contributed by atoms with Gasteiger partial charge >= 0.3 is 0 Å². The molecule has 0 amide bonds. The van der Waals surface area contributed by atoms with Crippen molar-refractivity contribution in [3.8, 4) is 16.9 Å². The Labute approximate surface area is 150 Å². The van der Waals surface area contributed by atoms with E-state index < -0.39 is 4.92 Å². The lowest BCUT2D eigenvalue weighted by molar-refractivity contribution is -0.384. The first-order chi connectivity index (χ1) is 12.1. The highest BCUT2D eigenvalue weighted by molar-refractivity contribution is 9.10. The predicted molar refractivity (Wildman–Crippen MR) is 96.5 cm³/mol. The predicted octanol–water partition coefficient (Wildman–Crippen LogP) is 4.15. The first-order valence-corrected chi connectivity index (χ1v) is 8.12. The second-order valence-electron chi connectivity index (χ2n) is 5.31.